The van der Waals surface area contributed by atoms with E-state index < -0.39 is 0 Å². The standard InChI is InChI=1S/C15H14ClN3O/c1-8-4-10(5-9(2)13(8)20-3)14-17-6-11-12(16)7-18-15(11)19-14/h4-7H,1-3H3,(H,17,18,19). The summed E-state index contributed by atoms with van der Waals surface area (Å²) in [5, 5.41) is 1.46. The van der Waals surface area contributed by atoms with Crippen molar-refractivity contribution in [2.24, 2.45) is 0 Å². The molecule has 0 aliphatic heterocycles. The molecule has 0 saturated carbocycles. The van der Waals surface area contributed by atoms with E-state index in [0.717, 1.165) is 33.5 Å². The fourth-order valence-corrected chi connectivity index (χ4v) is 2.61. The summed E-state index contributed by atoms with van der Waals surface area (Å²) in [5.41, 5.74) is 3.84. The Bertz CT molecular complexity index is 772. The van der Waals surface area contributed by atoms with Crippen molar-refractivity contribution in [1.29, 1.82) is 0 Å². The number of benzene rings is 1. The molecule has 1 N–H and O–H groups in total. The lowest BCUT2D eigenvalue weighted by molar-refractivity contribution is 0.408. The second-order valence-electron chi connectivity index (χ2n) is 4.74. The van der Waals surface area contributed by atoms with Gasteiger partial charge in [0, 0.05) is 18.0 Å². The predicted octanol–water partition coefficient (Wildman–Crippen LogP) is 3.90. The maximum Gasteiger partial charge on any atom is 0.161 e. The van der Waals surface area contributed by atoms with Crippen molar-refractivity contribution in [3.8, 4) is 17.1 Å². The number of H-pyrrole nitrogens is 1. The van der Waals surface area contributed by atoms with Gasteiger partial charge in [-0.1, -0.05) is 11.6 Å². The van der Waals surface area contributed by atoms with E-state index in [-0.39, 0.29) is 0 Å². The van der Waals surface area contributed by atoms with Crippen LogP contribution in [0.25, 0.3) is 22.4 Å². The number of nitrogens with one attached hydrogen (secondary N) is 1. The third kappa shape index (κ3) is 2.02. The summed E-state index contributed by atoms with van der Waals surface area (Å²) in [6.45, 7) is 4.03. The number of methoxy groups -OCH3 is 1. The highest BCUT2D eigenvalue weighted by molar-refractivity contribution is 6.35. The number of halogens is 1. The molecule has 0 saturated heterocycles. The Labute approximate surface area is 121 Å². The maximum atomic E-state index is 6.03. The molecule has 0 atom stereocenters. The Balaban J connectivity index is 2.15. The molecule has 0 spiro atoms. The van der Waals surface area contributed by atoms with Crippen molar-refractivity contribution < 1.29 is 4.74 Å². The summed E-state index contributed by atoms with van der Waals surface area (Å²) in [5.74, 6) is 1.57. The number of hydrogen-bond acceptors (Lipinski definition) is 3. The average molecular weight is 288 g/mol. The van der Waals surface area contributed by atoms with Gasteiger partial charge in [0.05, 0.1) is 17.5 Å². The SMILES string of the molecule is COc1c(C)cc(-c2ncc3c(Cl)c[nH]c3n2)cc1C. The summed E-state index contributed by atoms with van der Waals surface area (Å²) < 4.78 is 5.38. The van der Waals surface area contributed by atoms with Gasteiger partial charge in [-0.25, -0.2) is 9.97 Å². The van der Waals surface area contributed by atoms with Crippen molar-refractivity contribution in [3.05, 3.63) is 40.7 Å². The Hall–Kier alpha value is -2.07. The number of fused-ring (bicyclic) bond motifs is 1. The van der Waals surface area contributed by atoms with Crippen LogP contribution >= 0.6 is 11.6 Å². The minimum atomic E-state index is 0.633. The van der Waals surface area contributed by atoms with Crippen LogP contribution in [0.4, 0.5) is 0 Å². The molecule has 0 unspecified atom stereocenters. The molecule has 3 aromatic rings. The molecule has 0 fully saturated rings. The molecule has 102 valence electrons. The van der Waals surface area contributed by atoms with Crippen molar-refractivity contribution in [1.82, 2.24) is 15.0 Å². The van der Waals surface area contributed by atoms with E-state index in [1.54, 1.807) is 19.5 Å². The molecule has 0 amide bonds. The average Bonchev–Trinajstić information content (AvgIpc) is 2.79. The molecule has 0 aliphatic rings. The topological polar surface area (TPSA) is 50.8 Å². The van der Waals surface area contributed by atoms with Gasteiger partial charge >= 0.3 is 0 Å². The lowest BCUT2D eigenvalue weighted by Gasteiger charge is -2.10. The number of aromatic nitrogens is 3. The molecule has 2 heterocycles. The third-order valence-electron chi connectivity index (χ3n) is 3.30. The van der Waals surface area contributed by atoms with Crippen molar-refractivity contribution >= 4 is 22.6 Å². The van der Waals surface area contributed by atoms with E-state index in [2.05, 4.69) is 15.0 Å². The number of aryl methyl sites for hydroxylation is 2. The van der Waals surface area contributed by atoms with Crippen LogP contribution in [-0.4, -0.2) is 22.1 Å². The van der Waals surface area contributed by atoms with Gasteiger partial charge in [-0.2, -0.15) is 0 Å². The van der Waals surface area contributed by atoms with Gasteiger partial charge in [0.25, 0.3) is 0 Å². The van der Waals surface area contributed by atoms with Crippen LogP contribution < -0.4 is 4.74 Å². The fraction of sp³-hybridized carbons (Fsp3) is 0.200. The largest absolute Gasteiger partial charge is 0.496 e. The molecule has 3 rings (SSSR count). The molecule has 0 bridgehead atoms. The fourth-order valence-electron chi connectivity index (χ4n) is 2.42. The van der Waals surface area contributed by atoms with E-state index in [1.165, 1.54) is 0 Å². The van der Waals surface area contributed by atoms with Crippen molar-refractivity contribution in [3.63, 3.8) is 0 Å². The van der Waals surface area contributed by atoms with Gasteiger partial charge in [-0.05, 0) is 37.1 Å². The zero-order valence-electron chi connectivity index (χ0n) is 11.5. The van der Waals surface area contributed by atoms with Crippen LogP contribution in [0.5, 0.6) is 5.75 Å². The van der Waals surface area contributed by atoms with Gasteiger partial charge in [-0.15, -0.1) is 0 Å². The van der Waals surface area contributed by atoms with Gasteiger partial charge in [-0.3, -0.25) is 0 Å². The van der Waals surface area contributed by atoms with Crippen LogP contribution in [-0.2, 0) is 0 Å². The van der Waals surface area contributed by atoms with Gasteiger partial charge in [0.1, 0.15) is 11.4 Å². The minimum Gasteiger partial charge on any atom is -0.496 e. The van der Waals surface area contributed by atoms with Crippen LogP contribution in [0.15, 0.2) is 24.5 Å². The normalized spacial score (nSPS) is 11.0. The number of hydrogen-bond donors (Lipinski definition) is 1. The first-order valence-electron chi connectivity index (χ1n) is 6.25. The zero-order chi connectivity index (χ0) is 14.3. The first-order valence-corrected chi connectivity index (χ1v) is 6.63. The van der Waals surface area contributed by atoms with Crippen molar-refractivity contribution in [2.45, 2.75) is 13.8 Å². The second kappa shape index (κ2) is 4.80. The molecule has 20 heavy (non-hydrogen) atoms. The summed E-state index contributed by atoms with van der Waals surface area (Å²) >= 11 is 6.03. The van der Waals surface area contributed by atoms with E-state index in [1.807, 2.05) is 26.0 Å². The lowest BCUT2D eigenvalue weighted by atomic mass is 10.1. The van der Waals surface area contributed by atoms with Crippen LogP contribution in [0, 0.1) is 13.8 Å². The van der Waals surface area contributed by atoms with Crippen LogP contribution in [0.1, 0.15) is 11.1 Å². The van der Waals surface area contributed by atoms with Crippen molar-refractivity contribution in [2.75, 3.05) is 7.11 Å². The van der Waals surface area contributed by atoms with E-state index >= 15 is 0 Å². The molecule has 0 aliphatic carbocycles. The number of ether oxygens (including phenoxy) is 1. The molecule has 1 aromatic carbocycles. The number of nitrogens with zero attached hydrogens (tertiary/aromatic N) is 2. The minimum absolute atomic E-state index is 0.633. The molecule has 0 radical (unpaired) electrons. The molecular formula is C15H14ClN3O. The summed E-state index contributed by atoms with van der Waals surface area (Å²) in [4.78, 5) is 11.9. The van der Waals surface area contributed by atoms with Crippen LogP contribution in [0.2, 0.25) is 5.02 Å². The first-order chi connectivity index (χ1) is 9.60. The summed E-state index contributed by atoms with van der Waals surface area (Å²) in [6.07, 6.45) is 3.46. The highest BCUT2D eigenvalue weighted by Crippen LogP contribution is 2.29. The summed E-state index contributed by atoms with van der Waals surface area (Å²) in [7, 11) is 1.68. The predicted molar refractivity (Wildman–Crippen MR) is 80.4 cm³/mol. The van der Waals surface area contributed by atoms with Gasteiger partial charge < -0.3 is 9.72 Å². The van der Waals surface area contributed by atoms with Crippen LogP contribution in [0.3, 0.4) is 0 Å². The monoisotopic (exact) mass is 287 g/mol. The number of aromatic amines is 1. The van der Waals surface area contributed by atoms with E-state index in [9.17, 15) is 0 Å². The molecule has 5 heteroatoms. The first kappa shape index (κ1) is 12.9. The van der Waals surface area contributed by atoms with E-state index in [0.29, 0.717) is 10.8 Å². The molecule has 4 nitrogen and oxygen atoms in total. The van der Waals surface area contributed by atoms with E-state index in [4.69, 9.17) is 16.3 Å². The Morgan fingerprint density at radius 3 is 2.55 bits per heavy atom. The third-order valence-corrected chi connectivity index (χ3v) is 3.62. The zero-order valence-corrected chi connectivity index (χ0v) is 12.2. The van der Waals surface area contributed by atoms with Gasteiger partial charge in [0.2, 0.25) is 0 Å². The second-order valence-corrected chi connectivity index (χ2v) is 5.14. The highest BCUT2D eigenvalue weighted by Gasteiger charge is 2.10. The number of rotatable bonds is 2. The molecular weight excluding hydrogens is 274 g/mol. The van der Waals surface area contributed by atoms with Gasteiger partial charge in [0.15, 0.2) is 5.82 Å². The Morgan fingerprint density at radius 1 is 1.20 bits per heavy atom. The lowest BCUT2D eigenvalue weighted by Crippen LogP contribution is -1.95. The Kier molecular flexibility index (Phi) is 3.10. The maximum absolute atomic E-state index is 6.03. The highest BCUT2D eigenvalue weighted by atomic mass is 35.5. The molecule has 2 aromatic heterocycles. The Morgan fingerprint density at radius 2 is 1.90 bits per heavy atom. The smallest absolute Gasteiger partial charge is 0.161 e. The summed E-state index contributed by atoms with van der Waals surface area (Å²) in [6, 6.07) is 4.05. The quantitative estimate of drug-likeness (QED) is 0.777.